The van der Waals surface area contributed by atoms with Crippen molar-refractivity contribution in [2.75, 3.05) is 19.7 Å². The Bertz CT molecular complexity index is 663. The van der Waals surface area contributed by atoms with Gasteiger partial charge in [-0.2, -0.15) is 0 Å². The van der Waals surface area contributed by atoms with Crippen LogP contribution in [0.1, 0.15) is 36.2 Å². The number of nitrogens with zero attached hydrogens (tertiary/aromatic N) is 2. The van der Waals surface area contributed by atoms with Crippen molar-refractivity contribution in [2.45, 2.75) is 40.3 Å². The maximum Gasteiger partial charge on any atom is 0.191 e. The summed E-state index contributed by atoms with van der Waals surface area (Å²) in [4.78, 5) is 10.4. The predicted octanol–water partition coefficient (Wildman–Crippen LogP) is 4.23. The molecule has 7 heteroatoms. The molecule has 1 unspecified atom stereocenters. The van der Waals surface area contributed by atoms with Gasteiger partial charge >= 0.3 is 0 Å². The zero-order valence-corrected chi connectivity index (χ0v) is 19.6. The first-order valence-corrected chi connectivity index (χ1v) is 10.1. The van der Waals surface area contributed by atoms with Crippen LogP contribution in [0.3, 0.4) is 0 Å². The molecule has 0 aliphatic carbocycles. The van der Waals surface area contributed by atoms with Crippen LogP contribution in [0.4, 0.5) is 0 Å². The Morgan fingerprint density at radius 3 is 2.67 bits per heavy atom. The quantitative estimate of drug-likeness (QED) is 0.290. The van der Waals surface area contributed by atoms with Gasteiger partial charge in [0.1, 0.15) is 5.01 Å². The zero-order valence-electron chi connectivity index (χ0n) is 16.4. The van der Waals surface area contributed by atoms with Gasteiger partial charge in [0.05, 0.1) is 19.8 Å². The number of aromatic nitrogens is 1. The van der Waals surface area contributed by atoms with Crippen molar-refractivity contribution >= 4 is 41.3 Å². The summed E-state index contributed by atoms with van der Waals surface area (Å²) in [6, 6.07) is 10.3. The van der Waals surface area contributed by atoms with Crippen LogP contribution >= 0.6 is 35.3 Å². The molecule has 150 valence electrons. The molecule has 0 aliphatic rings. The van der Waals surface area contributed by atoms with Gasteiger partial charge in [0.15, 0.2) is 5.96 Å². The van der Waals surface area contributed by atoms with Gasteiger partial charge in [-0.3, -0.25) is 0 Å². The largest absolute Gasteiger partial charge is 0.376 e. The molecule has 1 aromatic heterocycles. The van der Waals surface area contributed by atoms with Crippen LogP contribution in [-0.4, -0.2) is 30.6 Å². The first-order chi connectivity index (χ1) is 12.7. The third-order valence-electron chi connectivity index (χ3n) is 3.80. The van der Waals surface area contributed by atoms with Crippen molar-refractivity contribution in [2.24, 2.45) is 10.9 Å². The molecule has 2 aromatic rings. The number of guanidine groups is 1. The summed E-state index contributed by atoms with van der Waals surface area (Å²) in [7, 11) is 0. The van der Waals surface area contributed by atoms with Crippen molar-refractivity contribution < 1.29 is 4.74 Å². The average Bonchev–Trinajstić information content (AvgIpc) is 3.13. The van der Waals surface area contributed by atoms with E-state index in [0.29, 0.717) is 25.7 Å². The minimum Gasteiger partial charge on any atom is -0.376 e. The Kier molecular flexibility index (Phi) is 12.3. The second kappa shape index (κ2) is 13.9. The van der Waals surface area contributed by atoms with E-state index >= 15 is 0 Å². The highest BCUT2D eigenvalue weighted by Crippen LogP contribution is 2.14. The maximum absolute atomic E-state index is 5.81. The lowest BCUT2D eigenvalue weighted by Gasteiger charge is -2.16. The van der Waals surface area contributed by atoms with E-state index in [-0.39, 0.29) is 24.0 Å². The molecular weight excluding hydrogens is 471 g/mol. The number of nitrogens with one attached hydrogen (secondary N) is 2. The first kappa shape index (κ1) is 23.8. The topological polar surface area (TPSA) is 58.5 Å². The fourth-order valence-electron chi connectivity index (χ4n) is 2.36. The van der Waals surface area contributed by atoms with Crippen LogP contribution in [0.5, 0.6) is 0 Å². The van der Waals surface area contributed by atoms with Gasteiger partial charge in [-0.15, -0.1) is 35.3 Å². The summed E-state index contributed by atoms with van der Waals surface area (Å²) in [6.07, 6.45) is 2.97. The molecule has 1 aromatic carbocycles. The molecule has 1 heterocycles. The zero-order chi connectivity index (χ0) is 18.6. The number of thiazole rings is 1. The summed E-state index contributed by atoms with van der Waals surface area (Å²) in [5.41, 5.74) is 1.21. The Morgan fingerprint density at radius 2 is 2.00 bits per heavy atom. The molecular formula is C20H31IN4OS. The lowest BCUT2D eigenvalue weighted by molar-refractivity contribution is 0.0931. The SMILES string of the molecule is CCNC(=NCc1ncc(CC)s1)NCC(C)COCc1ccccc1.I. The summed E-state index contributed by atoms with van der Waals surface area (Å²) in [5.74, 6) is 1.23. The van der Waals surface area contributed by atoms with E-state index in [1.54, 1.807) is 11.3 Å². The monoisotopic (exact) mass is 502 g/mol. The maximum atomic E-state index is 5.81. The van der Waals surface area contributed by atoms with Gasteiger partial charge in [0.25, 0.3) is 0 Å². The number of aryl methyl sites for hydroxylation is 1. The Balaban J connectivity index is 0.00000364. The van der Waals surface area contributed by atoms with E-state index in [0.717, 1.165) is 30.5 Å². The molecule has 0 radical (unpaired) electrons. The van der Waals surface area contributed by atoms with Crippen LogP contribution in [-0.2, 0) is 24.3 Å². The van der Waals surface area contributed by atoms with E-state index < -0.39 is 0 Å². The number of hydrogen-bond donors (Lipinski definition) is 2. The number of benzene rings is 1. The van der Waals surface area contributed by atoms with Crippen LogP contribution in [0, 0.1) is 5.92 Å². The highest BCUT2D eigenvalue weighted by Gasteiger charge is 2.06. The molecule has 0 bridgehead atoms. The number of rotatable bonds is 10. The van der Waals surface area contributed by atoms with Gasteiger partial charge < -0.3 is 15.4 Å². The molecule has 27 heavy (non-hydrogen) atoms. The standard InChI is InChI=1S/C20H30N4OS.HI/c1-4-18-12-22-19(26-18)13-24-20(21-5-2)23-11-16(3)14-25-15-17-9-7-6-8-10-17;/h6-10,12,16H,4-5,11,13-15H2,1-3H3,(H2,21,23,24);1H. The van der Waals surface area contributed by atoms with Crippen molar-refractivity contribution in [3.63, 3.8) is 0 Å². The fourth-order valence-corrected chi connectivity index (χ4v) is 3.14. The molecule has 0 aliphatic heterocycles. The number of hydrogen-bond acceptors (Lipinski definition) is 4. The minimum absolute atomic E-state index is 0. The number of ether oxygens (including phenoxy) is 1. The van der Waals surface area contributed by atoms with Gasteiger partial charge in [-0.25, -0.2) is 9.98 Å². The van der Waals surface area contributed by atoms with Crippen molar-refractivity contribution in [1.82, 2.24) is 15.6 Å². The molecule has 0 fully saturated rings. The Morgan fingerprint density at radius 1 is 1.22 bits per heavy atom. The minimum atomic E-state index is 0. The van der Waals surface area contributed by atoms with E-state index in [4.69, 9.17) is 4.74 Å². The van der Waals surface area contributed by atoms with Gasteiger partial charge in [-0.1, -0.05) is 44.2 Å². The predicted molar refractivity (Wildman–Crippen MR) is 125 cm³/mol. The summed E-state index contributed by atoms with van der Waals surface area (Å²) in [5, 5.41) is 7.74. The number of halogens is 1. The van der Waals surface area contributed by atoms with Gasteiger partial charge in [0, 0.05) is 24.2 Å². The second-order valence-electron chi connectivity index (χ2n) is 6.26. The molecule has 2 rings (SSSR count). The smallest absolute Gasteiger partial charge is 0.191 e. The van der Waals surface area contributed by atoms with E-state index in [1.807, 2.05) is 24.4 Å². The lowest BCUT2D eigenvalue weighted by Crippen LogP contribution is -2.40. The first-order valence-electron chi connectivity index (χ1n) is 9.28. The highest BCUT2D eigenvalue weighted by molar-refractivity contribution is 14.0. The summed E-state index contributed by atoms with van der Waals surface area (Å²) >= 11 is 1.73. The fraction of sp³-hybridized carbons (Fsp3) is 0.500. The second-order valence-corrected chi connectivity index (χ2v) is 7.46. The van der Waals surface area contributed by atoms with E-state index in [1.165, 1.54) is 10.4 Å². The lowest BCUT2D eigenvalue weighted by atomic mass is 10.2. The molecule has 0 saturated heterocycles. The summed E-state index contributed by atoms with van der Waals surface area (Å²) in [6.45, 7) is 10.0. The van der Waals surface area contributed by atoms with Crippen molar-refractivity contribution in [3.8, 4) is 0 Å². The molecule has 2 N–H and O–H groups in total. The van der Waals surface area contributed by atoms with Crippen molar-refractivity contribution in [1.29, 1.82) is 0 Å². The highest BCUT2D eigenvalue weighted by atomic mass is 127. The third-order valence-corrected chi connectivity index (χ3v) is 4.92. The molecule has 5 nitrogen and oxygen atoms in total. The van der Waals surface area contributed by atoms with E-state index in [9.17, 15) is 0 Å². The Hall–Kier alpha value is -1.19. The third kappa shape index (κ3) is 9.53. The molecule has 0 saturated carbocycles. The van der Waals surface area contributed by atoms with Gasteiger partial charge in [0.2, 0.25) is 0 Å². The normalized spacial score (nSPS) is 12.3. The van der Waals surface area contributed by atoms with Gasteiger partial charge in [-0.05, 0) is 24.8 Å². The average molecular weight is 502 g/mol. The molecule has 0 spiro atoms. The molecule has 0 amide bonds. The van der Waals surface area contributed by atoms with Crippen LogP contribution in [0.15, 0.2) is 41.5 Å². The van der Waals surface area contributed by atoms with E-state index in [2.05, 4.69) is 53.5 Å². The Labute approximate surface area is 184 Å². The van der Waals surface area contributed by atoms with Crippen molar-refractivity contribution in [3.05, 3.63) is 52.0 Å². The summed E-state index contributed by atoms with van der Waals surface area (Å²) < 4.78 is 5.81. The van der Waals surface area contributed by atoms with Crippen LogP contribution in [0.25, 0.3) is 0 Å². The van der Waals surface area contributed by atoms with Crippen LogP contribution < -0.4 is 10.6 Å². The van der Waals surface area contributed by atoms with Crippen LogP contribution in [0.2, 0.25) is 0 Å². The molecule has 1 atom stereocenters. The number of aliphatic imine (C=N–C) groups is 1.